The number of rotatable bonds is 0. The van der Waals surface area contributed by atoms with E-state index in [1.165, 1.54) is 11.1 Å². The SMILES string of the molecule is C=C1C(=O)O[C@H]2[C@H]1CCC(C)=C1[C@@H]3O[C@@](C)([C@@H]3O)[C@@H]12. The van der Waals surface area contributed by atoms with Crippen molar-refractivity contribution >= 4 is 5.97 Å². The summed E-state index contributed by atoms with van der Waals surface area (Å²) in [6, 6.07) is 0. The van der Waals surface area contributed by atoms with E-state index < -0.39 is 11.7 Å². The normalized spacial score (nSPS) is 51.4. The van der Waals surface area contributed by atoms with E-state index in [0.717, 1.165) is 12.8 Å². The van der Waals surface area contributed by atoms with Crippen LogP contribution in [0.5, 0.6) is 0 Å². The highest BCUT2D eigenvalue weighted by molar-refractivity contribution is 5.91. The third-order valence-corrected chi connectivity index (χ3v) is 5.52. The van der Waals surface area contributed by atoms with E-state index in [-0.39, 0.29) is 30.0 Å². The average molecular weight is 262 g/mol. The van der Waals surface area contributed by atoms with Crippen molar-refractivity contribution in [2.24, 2.45) is 11.8 Å². The molecule has 3 aliphatic heterocycles. The Labute approximate surface area is 112 Å². The minimum atomic E-state index is -0.598. The summed E-state index contributed by atoms with van der Waals surface area (Å²) in [6.45, 7) is 7.92. The molecule has 4 heteroatoms. The minimum absolute atomic E-state index is 0.0109. The van der Waals surface area contributed by atoms with Crippen molar-refractivity contribution < 1.29 is 19.4 Å². The van der Waals surface area contributed by atoms with Crippen LogP contribution in [0.2, 0.25) is 0 Å². The average Bonchev–Trinajstić information content (AvgIpc) is 2.87. The topological polar surface area (TPSA) is 55.8 Å². The van der Waals surface area contributed by atoms with Gasteiger partial charge in [-0.25, -0.2) is 4.79 Å². The van der Waals surface area contributed by atoms with Crippen LogP contribution < -0.4 is 0 Å². The van der Waals surface area contributed by atoms with Crippen molar-refractivity contribution in [3.8, 4) is 0 Å². The lowest BCUT2D eigenvalue weighted by molar-refractivity contribution is -0.250. The maximum atomic E-state index is 11.8. The third-order valence-electron chi connectivity index (χ3n) is 5.52. The van der Waals surface area contributed by atoms with Gasteiger partial charge in [0.25, 0.3) is 0 Å². The lowest BCUT2D eigenvalue weighted by atomic mass is 9.79. The largest absolute Gasteiger partial charge is 0.458 e. The number of esters is 1. The number of allylic oxidation sites excluding steroid dienone is 1. The maximum absolute atomic E-state index is 11.8. The molecule has 0 aromatic rings. The van der Waals surface area contributed by atoms with Gasteiger partial charge in [0.15, 0.2) is 0 Å². The summed E-state index contributed by atoms with van der Waals surface area (Å²) < 4.78 is 11.4. The Morgan fingerprint density at radius 1 is 1.47 bits per heavy atom. The zero-order valence-corrected chi connectivity index (χ0v) is 11.2. The number of hydrogen-bond donors (Lipinski definition) is 1. The molecule has 5 rings (SSSR count). The van der Waals surface area contributed by atoms with E-state index in [0.29, 0.717) is 5.57 Å². The zero-order chi connectivity index (χ0) is 13.5. The fraction of sp³-hybridized carbons (Fsp3) is 0.667. The molecular formula is C15H18O4. The van der Waals surface area contributed by atoms with E-state index in [1.807, 2.05) is 6.92 Å². The van der Waals surface area contributed by atoms with E-state index in [2.05, 4.69) is 13.5 Å². The van der Waals surface area contributed by atoms with Gasteiger partial charge in [0.2, 0.25) is 0 Å². The number of ether oxygens (including phenoxy) is 2. The lowest BCUT2D eigenvalue weighted by Gasteiger charge is -2.44. The van der Waals surface area contributed by atoms with Gasteiger partial charge < -0.3 is 14.6 Å². The predicted octanol–water partition coefficient (Wildman–Crippen LogP) is 1.34. The summed E-state index contributed by atoms with van der Waals surface area (Å²) >= 11 is 0. The zero-order valence-electron chi connectivity index (χ0n) is 11.2. The summed E-state index contributed by atoms with van der Waals surface area (Å²) in [5.41, 5.74) is 2.44. The molecule has 0 aromatic heterocycles. The molecule has 4 nitrogen and oxygen atoms in total. The van der Waals surface area contributed by atoms with E-state index in [9.17, 15) is 9.90 Å². The van der Waals surface area contributed by atoms with Crippen LogP contribution >= 0.6 is 0 Å². The van der Waals surface area contributed by atoms with Gasteiger partial charge in [0.05, 0.1) is 5.92 Å². The van der Waals surface area contributed by atoms with Crippen LogP contribution in [0.4, 0.5) is 0 Å². The molecule has 0 amide bonds. The van der Waals surface area contributed by atoms with Crippen molar-refractivity contribution in [3.63, 3.8) is 0 Å². The number of aliphatic hydroxyl groups is 1. The molecule has 2 bridgehead atoms. The standard InChI is InChI=1S/C15H18O4/c1-6-4-5-8-7(2)14(17)18-11(8)10-9(6)12-13(16)15(10,3)19-12/h8,10-13,16H,2,4-5H2,1,3H3/t8-,10-,11-,12-,13+,15+/m0/s1. The molecule has 102 valence electrons. The molecule has 1 saturated carbocycles. The van der Waals surface area contributed by atoms with Gasteiger partial charge in [0, 0.05) is 11.5 Å². The van der Waals surface area contributed by atoms with Crippen molar-refractivity contribution in [2.45, 2.75) is 50.6 Å². The van der Waals surface area contributed by atoms with Gasteiger partial charge in [-0.2, -0.15) is 0 Å². The fourth-order valence-electron chi connectivity index (χ4n) is 4.41. The van der Waals surface area contributed by atoms with Gasteiger partial charge in [-0.3, -0.25) is 0 Å². The fourth-order valence-corrected chi connectivity index (χ4v) is 4.41. The Morgan fingerprint density at radius 3 is 2.89 bits per heavy atom. The molecule has 2 aliphatic carbocycles. The van der Waals surface area contributed by atoms with Crippen LogP contribution in [0.1, 0.15) is 26.7 Å². The van der Waals surface area contributed by atoms with Crippen LogP contribution in [0.15, 0.2) is 23.3 Å². The summed E-state index contributed by atoms with van der Waals surface area (Å²) in [7, 11) is 0. The highest BCUT2D eigenvalue weighted by Gasteiger charge is 2.71. The first kappa shape index (κ1) is 11.7. The molecule has 19 heavy (non-hydrogen) atoms. The molecule has 6 atom stereocenters. The van der Waals surface area contributed by atoms with Crippen LogP contribution in [-0.2, 0) is 14.3 Å². The molecule has 0 spiro atoms. The summed E-state index contributed by atoms with van der Waals surface area (Å²) in [5.74, 6) is -0.226. The molecule has 4 fully saturated rings. The smallest absolute Gasteiger partial charge is 0.334 e. The van der Waals surface area contributed by atoms with Crippen molar-refractivity contribution in [2.75, 3.05) is 0 Å². The van der Waals surface area contributed by atoms with Crippen molar-refractivity contribution in [3.05, 3.63) is 23.3 Å². The first-order valence-electron chi connectivity index (χ1n) is 6.90. The molecule has 0 radical (unpaired) electrons. The van der Waals surface area contributed by atoms with Gasteiger partial charge >= 0.3 is 5.97 Å². The van der Waals surface area contributed by atoms with Crippen LogP contribution in [0.3, 0.4) is 0 Å². The Balaban J connectivity index is 1.84. The summed E-state index contributed by atoms with van der Waals surface area (Å²) in [6.07, 6.45) is 0.945. The van der Waals surface area contributed by atoms with Crippen LogP contribution in [-0.4, -0.2) is 35.0 Å². The van der Waals surface area contributed by atoms with Crippen LogP contribution in [0.25, 0.3) is 0 Å². The van der Waals surface area contributed by atoms with Gasteiger partial charge in [0.1, 0.15) is 23.9 Å². The quantitative estimate of drug-likeness (QED) is 0.407. The molecular weight excluding hydrogens is 244 g/mol. The molecule has 3 saturated heterocycles. The highest BCUT2D eigenvalue weighted by Crippen LogP contribution is 2.61. The number of carbonyl (C=O) groups is 1. The number of hydrogen-bond acceptors (Lipinski definition) is 4. The molecule has 3 heterocycles. The number of carbonyl (C=O) groups excluding carboxylic acids is 1. The summed E-state index contributed by atoms with van der Waals surface area (Å²) in [5, 5.41) is 10.3. The maximum Gasteiger partial charge on any atom is 0.334 e. The van der Waals surface area contributed by atoms with Crippen LogP contribution in [0, 0.1) is 11.8 Å². The minimum Gasteiger partial charge on any atom is -0.458 e. The second kappa shape index (κ2) is 3.30. The molecule has 1 N–H and O–H groups in total. The predicted molar refractivity (Wildman–Crippen MR) is 67.2 cm³/mol. The Hall–Kier alpha value is -1.13. The Morgan fingerprint density at radius 2 is 2.21 bits per heavy atom. The lowest BCUT2D eigenvalue weighted by Crippen LogP contribution is -2.59. The molecule has 0 aromatic carbocycles. The monoisotopic (exact) mass is 262 g/mol. The number of aliphatic hydroxyl groups excluding tert-OH is 1. The Bertz CT molecular complexity index is 534. The Kier molecular flexibility index (Phi) is 2.03. The molecule has 5 aliphatic rings. The highest BCUT2D eigenvalue weighted by atomic mass is 16.6. The first-order chi connectivity index (χ1) is 8.95. The van der Waals surface area contributed by atoms with E-state index in [1.54, 1.807) is 0 Å². The first-order valence-corrected chi connectivity index (χ1v) is 6.90. The van der Waals surface area contributed by atoms with E-state index >= 15 is 0 Å². The third kappa shape index (κ3) is 1.15. The molecule has 0 unspecified atom stereocenters. The van der Waals surface area contributed by atoms with Crippen molar-refractivity contribution in [1.29, 1.82) is 0 Å². The van der Waals surface area contributed by atoms with Gasteiger partial charge in [-0.15, -0.1) is 0 Å². The summed E-state index contributed by atoms with van der Waals surface area (Å²) in [4.78, 5) is 11.8. The van der Waals surface area contributed by atoms with Gasteiger partial charge in [-0.1, -0.05) is 12.2 Å². The van der Waals surface area contributed by atoms with Crippen molar-refractivity contribution in [1.82, 2.24) is 0 Å². The van der Waals surface area contributed by atoms with Gasteiger partial charge in [-0.05, 0) is 32.3 Å². The second-order valence-electron chi connectivity index (χ2n) is 6.42. The number of fused-ring (bicyclic) bond motifs is 1. The van der Waals surface area contributed by atoms with E-state index in [4.69, 9.17) is 9.47 Å². The second-order valence-corrected chi connectivity index (χ2v) is 6.42.